The van der Waals surface area contributed by atoms with Gasteiger partial charge in [0.05, 0.1) is 13.2 Å². The first-order chi connectivity index (χ1) is 5.43. The molecule has 1 aliphatic heterocycles. The van der Waals surface area contributed by atoms with E-state index >= 15 is 0 Å². The van der Waals surface area contributed by atoms with Crippen LogP contribution in [-0.2, 0) is 4.74 Å². The van der Waals surface area contributed by atoms with Gasteiger partial charge < -0.3 is 10.1 Å². The summed E-state index contributed by atoms with van der Waals surface area (Å²) < 4.78 is 5.25. The Morgan fingerprint density at radius 3 is 2.82 bits per heavy atom. The maximum Gasteiger partial charge on any atom is 0.0594 e. The topological polar surface area (TPSA) is 24.5 Å². The number of rotatable bonds is 4. The number of nitrogens with zero attached hydrogens (tertiary/aromatic N) is 1. The van der Waals surface area contributed by atoms with Crippen molar-refractivity contribution < 1.29 is 6.16 Å². The van der Waals surface area contributed by atoms with Gasteiger partial charge in [-0.05, 0) is 26.6 Å². The predicted molar refractivity (Wildman–Crippen MR) is 47.9 cm³/mol. The zero-order valence-corrected chi connectivity index (χ0v) is 7.31. The molecule has 0 bridgehead atoms. The largest absolute Gasteiger partial charge is 0.379 e. The van der Waals surface area contributed by atoms with Crippen LogP contribution in [0.25, 0.3) is 0 Å². The van der Waals surface area contributed by atoms with E-state index in [1.54, 1.807) is 0 Å². The fourth-order valence-corrected chi connectivity index (χ4v) is 1.30. The predicted octanol–water partition coefficient (Wildman–Crippen LogP) is 0.174. The van der Waals surface area contributed by atoms with Gasteiger partial charge >= 0.3 is 0 Å². The molecular weight excluding hydrogens is 140 g/mol. The molecule has 0 amide bonds. The van der Waals surface area contributed by atoms with Crippen LogP contribution in [-0.4, -0.2) is 51.3 Å². The SMILES string of the molecule is CNCCCN1CCOCC1.[HH]. The van der Waals surface area contributed by atoms with E-state index in [9.17, 15) is 0 Å². The highest BCUT2D eigenvalue weighted by Crippen LogP contribution is 1.96. The van der Waals surface area contributed by atoms with Gasteiger partial charge in [0.2, 0.25) is 0 Å². The summed E-state index contributed by atoms with van der Waals surface area (Å²) in [4.78, 5) is 2.46. The minimum Gasteiger partial charge on any atom is -0.379 e. The average molecular weight is 160 g/mol. The van der Waals surface area contributed by atoms with Crippen molar-refractivity contribution in [2.24, 2.45) is 0 Å². The van der Waals surface area contributed by atoms with E-state index in [1.165, 1.54) is 13.0 Å². The lowest BCUT2D eigenvalue weighted by Gasteiger charge is -2.26. The second-order valence-electron chi connectivity index (χ2n) is 2.91. The minimum absolute atomic E-state index is 0. The summed E-state index contributed by atoms with van der Waals surface area (Å²) in [5, 5.41) is 3.15. The summed E-state index contributed by atoms with van der Waals surface area (Å²) in [5.41, 5.74) is 0. The molecular formula is C8H20N2O. The molecule has 0 unspecified atom stereocenters. The van der Waals surface area contributed by atoms with Gasteiger partial charge in [-0.3, -0.25) is 4.90 Å². The zero-order valence-electron chi connectivity index (χ0n) is 7.31. The Bertz CT molecular complexity index is 97.1. The second kappa shape index (κ2) is 5.52. The van der Waals surface area contributed by atoms with E-state index in [2.05, 4.69) is 10.2 Å². The van der Waals surface area contributed by atoms with Crippen LogP contribution >= 0.6 is 0 Å². The van der Waals surface area contributed by atoms with Crippen molar-refractivity contribution in [3.63, 3.8) is 0 Å². The lowest BCUT2D eigenvalue weighted by atomic mass is 10.3. The fraction of sp³-hybridized carbons (Fsp3) is 1.00. The molecule has 11 heavy (non-hydrogen) atoms. The number of morpholine rings is 1. The van der Waals surface area contributed by atoms with E-state index in [0.29, 0.717) is 0 Å². The first kappa shape index (κ1) is 8.97. The van der Waals surface area contributed by atoms with Gasteiger partial charge in [-0.15, -0.1) is 0 Å². The molecule has 1 aliphatic rings. The summed E-state index contributed by atoms with van der Waals surface area (Å²) in [7, 11) is 2.00. The molecule has 0 aromatic heterocycles. The number of hydrogen-bond acceptors (Lipinski definition) is 3. The van der Waals surface area contributed by atoms with E-state index in [1.807, 2.05) is 7.05 Å². The number of ether oxygens (including phenoxy) is 1. The lowest BCUT2D eigenvalue weighted by Crippen LogP contribution is -2.37. The summed E-state index contributed by atoms with van der Waals surface area (Å²) in [6.45, 7) is 6.40. The normalized spacial score (nSPS) is 20.5. The molecule has 1 rings (SSSR count). The van der Waals surface area contributed by atoms with Gasteiger partial charge in [0, 0.05) is 14.5 Å². The Labute approximate surface area is 70.2 Å². The Morgan fingerprint density at radius 1 is 1.45 bits per heavy atom. The average Bonchev–Trinajstić information content (AvgIpc) is 2.07. The molecule has 0 aliphatic carbocycles. The third kappa shape index (κ3) is 3.70. The van der Waals surface area contributed by atoms with Crippen molar-refractivity contribution in [2.45, 2.75) is 6.42 Å². The van der Waals surface area contributed by atoms with E-state index in [4.69, 9.17) is 4.74 Å². The van der Waals surface area contributed by atoms with Crippen molar-refractivity contribution in [1.82, 2.24) is 10.2 Å². The van der Waals surface area contributed by atoms with Crippen molar-refractivity contribution in [1.29, 1.82) is 0 Å². The van der Waals surface area contributed by atoms with Gasteiger partial charge in [-0.25, -0.2) is 0 Å². The van der Waals surface area contributed by atoms with Crippen molar-refractivity contribution >= 4 is 0 Å². The van der Waals surface area contributed by atoms with Gasteiger partial charge in [0.1, 0.15) is 0 Å². The Morgan fingerprint density at radius 2 is 2.18 bits per heavy atom. The summed E-state index contributed by atoms with van der Waals surface area (Å²) in [6, 6.07) is 0. The van der Waals surface area contributed by atoms with Gasteiger partial charge in [0.15, 0.2) is 0 Å². The zero-order chi connectivity index (χ0) is 7.94. The molecule has 0 spiro atoms. The second-order valence-corrected chi connectivity index (χ2v) is 2.91. The van der Waals surface area contributed by atoms with Crippen LogP contribution in [0.1, 0.15) is 7.85 Å². The lowest BCUT2D eigenvalue weighted by molar-refractivity contribution is 0.0375. The Kier molecular flexibility index (Phi) is 4.50. The summed E-state index contributed by atoms with van der Waals surface area (Å²) in [5.74, 6) is 0. The third-order valence-corrected chi connectivity index (χ3v) is 2.00. The molecule has 68 valence electrons. The van der Waals surface area contributed by atoms with Crippen LogP contribution in [0.2, 0.25) is 0 Å². The summed E-state index contributed by atoms with van der Waals surface area (Å²) >= 11 is 0. The van der Waals surface area contributed by atoms with E-state index in [-0.39, 0.29) is 1.43 Å². The maximum atomic E-state index is 5.25. The van der Waals surface area contributed by atoms with Gasteiger partial charge in [-0.2, -0.15) is 0 Å². The van der Waals surface area contributed by atoms with E-state index in [0.717, 1.165) is 32.8 Å². The van der Waals surface area contributed by atoms with Crippen molar-refractivity contribution in [2.75, 3.05) is 46.4 Å². The number of nitrogens with one attached hydrogen (secondary N) is 1. The molecule has 3 nitrogen and oxygen atoms in total. The van der Waals surface area contributed by atoms with Crippen LogP contribution in [0.3, 0.4) is 0 Å². The number of hydrogen-bond donors (Lipinski definition) is 1. The standard InChI is InChI=1S/C8H18N2O.H2/c1-9-3-2-4-10-5-7-11-8-6-10;/h9H,2-8H2,1H3;1H. The molecule has 3 heteroatoms. The van der Waals surface area contributed by atoms with Crippen LogP contribution in [0, 0.1) is 0 Å². The maximum absolute atomic E-state index is 5.25. The fourth-order valence-electron chi connectivity index (χ4n) is 1.30. The molecule has 0 aromatic carbocycles. The quantitative estimate of drug-likeness (QED) is 0.594. The molecule has 0 radical (unpaired) electrons. The monoisotopic (exact) mass is 160 g/mol. The highest BCUT2D eigenvalue weighted by Gasteiger charge is 2.08. The molecule has 1 N–H and O–H groups in total. The molecule has 0 atom stereocenters. The minimum atomic E-state index is 0. The van der Waals surface area contributed by atoms with E-state index < -0.39 is 0 Å². The highest BCUT2D eigenvalue weighted by molar-refractivity contribution is 4.61. The molecule has 1 fully saturated rings. The Balaban J connectivity index is 0.00000121. The first-order valence-electron chi connectivity index (χ1n) is 4.38. The highest BCUT2D eigenvalue weighted by atomic mass is 16.5. The third-order valence-electron chi connectivity index (χ3n) is 2.00. The van der Waals surface area contributed by atoms with Crippen molar-refractivity contribution in [3.05, 3.63) is 0 Å². The van der Waals surface area contributed by atoms with Crippen LogP contribution < -0.4 is 5.32 Å². The Hall–Kier alpha value is -0.120. The smallest absolute Gasteiger partial charge is 0.0594 e. The summed E-state index contributed by atoms with van der Waals surface area (Å²) in [6.07, 6.45) is 1.25. The molecule has 0 saturated carbocycles. The molecule has 0 aromatic rings. The molecule has 1 saturated heterocycles. The van der Waals surface area contributed by atoms with Crippen LogP contribution in [0.15, 0.2) is 0 Å². The van der Waals surface area contributed by atoms with Gasteiger partial charge in [-0.1, -0.05) is 0 Å². The molecule has 1 heterocycles. The van der Waals surface area contributed by atoms with Crippen molar-refractivity contribution in [3.8, 4) is 0 Å². The first-order valence-corrected chi connectivity index (χ1v) is 4.38. The van der Waals surface area contributed by atoms with Crippen LogP contribution in [0.4, 0.5) is 0 Å². The van der Waals surface area contributed by atoms with Gasteiger partial charge in [0.25, 0.3) is 0 Å². The van der Waals surface area contributed by atoms with Crippen LogP contribution in [0.5, 0.6) is 0 Å².